The lowest BCUT2D eigenvalue weighted by atomic mass is 10.0. The van der Waals surface area contributed by atoms with E-state index in [4.69, 9.17) is 4.74 Å². The van der Waals surface area contributed by atoms with Crippen LogP contribution in [0.25, 0.3) is 0 Å². The van der Waals surface area contributed by atoms with Gasteiger partial charge < -0.3 is 24.6 Å². The molecule has 1 aromatic carbocycles. The Balaban J connectivity index is 1.72. The molecule has 2 heterocycles. The SMILES string of the molecule is COc1cc(C(=O)N2CCCC(N3CCNCC3=O)C2)ccc1OC(F)F. The molecule has 0 saturated carbocycles. The van der Waals surface area contributed by atoms with Crippen molar-refractivity contribution < 1.29 is 27.8 Å². The van der Waals surface area contributed by atoms with Crippen molar-refractivity contribution >= 4 is 11.8 Å². The lowest BCUT2D eigenvalue weighted by Gasteiger charge is -2.41. The molecule has 0 spiro atoms. The van der Waals surface area contributed by atoms with E-state index in [0.717, 1.165) is 19.4 Å². The van der Waals surface area contributed by atoms with E-state index in [1.54, 1.807) is 4.90 Å². The van der Waals surface area contributed by atoms with Crippen LogP contribution in [0.5, 0.6) is 11.5 Å². The van der Waals surface area contributed by atoms with Gasteiger partial charge in [0.05, 0.1) is 13.7 Å². The van der Waals surface area contributed by atoms with Crippen LogP contribution >= 0.6 is 0 Å². The molecule has 1 atom stereocenters. The number of halogens is 2. The van der Waals surface area contributed by atoms with Crippen molar-refractivity contribution in [3.8, 4) is 11.5 Å². The molecule has 1 aromatic rings. The van der Waals surface area contributed by atoms with E-state index in [2.05, 4.69) is 10.1 Å². The van der Waals surface area contributed by atoms with Crippen LogP contribution in [0.3, 0.4) is 0 Å². The first-order valence-electron chi connectivity index (χ1n) is 8.92. The summed E-state index contributed by atoms with van der Waals surface area (Å²) >= 11 is 0. The molecule has 1 unspecified atom stereocenters. The molecule has 2 saturated heterocycles. The average Bonchev–Trinajstić information content (AvgIpc) is 2.68. The lowest BCUT2D eigenvalue weighted by molar-refractivity contribution is -0.135. The van der Waals surface area contributed by atoms with Crippen LogP contribution in [0.15, 0.2) is 18.2 Å². The summed E-state index contributed by atoms with van der Waals surface area (Å²) in [5.74, 6) is -0.209. The van der Waals surface area contributed by atoms with Gasteiger partial charge in [0.25, 0.3) is 5.91 Å². The number of nitrogens with one attached hydrogen (secondary N) is 1. The number of piperazine rings is 1. The number of alkyl halides is 2. The molecule has 2 aliphatic rings. The number of benzene rings is 1. The Kier molecular flexibility index (Phi) is 6.10. The highest BCUT2D eigenvalue weighted by Crippen LogP contribution is 2.30. The van der Waals surface area contributed by atoms with Crippen molar-refractivity contribution in [3.63, 3.8) is 0 Å². The number of ether oxygens (including phenoxy) is 2. The molecule has 0 bridgehead atoms. The van der Waals surface area contributed by atoms with Crippen molar-refractivity contribution in [2.75, 3.05) is 39.8 Å². The Morgan fingerprint density at radius 1 is 1.30 bits per heavy atom. The van der Waals surface area contributed by atoms with E-state index in [1.807, 2.05) is 4.90 Å². The standard InChI is InChI=1S/C18H23F2N3O4/c1-26-15-9-12(4-5-14(15)27-18(19)20)17(25)22-7-2-3-13(11-22)23-8-6-21-10-16(23)24/h4-5,9,13,18,21H,2-3,6-8,10-11H2,1H3. The number of carbonyl (C=O) groups is 2. The van der Waals surface area contributed by atoms with Crippen LogP contribution in [-0.4, -0.2) is 74.1 Å². The third-order valence-corrected chi connectivity index (χ3v) is 4.88. The zero-order valence-electron chi connectivity index (χ0n) is 15.1. The molecule has 7 nitrogen and oxygen atoms in total. The Bertz CT molecular complexity index is 701. The second-order valence-corrected chi connectivity index (χ2v) is 6.56. The van der Waals surface area contributed by atoms with E-state index < -0.39 is 6.61 Å². The summed E-state index contributed by atoms with van der Waals surface area (Å²) in [7, 11) is 1.33. The molecule has 2 fully saturated rings. The minimum Gasteiger partial charge on any atom is -0.493 e. The Morgan fingerprint density at radius 2 is 2.11 bits per heavy atom. The first-order valence-corrected chi connectivity index (χ1v) is 8.92. The number of carbonyl (C=O) groups excluding carboxylic acids is 2. The van der Waals surface area contributed by atoms with Crippen LogP contribution < -0.4 is 14.8 Å². The molecule has 148 valence electrons. The zero-order valence-corrected chi connectivity index (χ0v) is 15.1. The van der Waals surface area contributed by atoms with Crippen LogP contribution in [0, 0.1) is 0 Å². The smallest absolute Gasteiger partial charge is 0.387 e. The molecule has 0 aromatic heterocycles. The fourth-order valence-electron chi connectivity index (χ4n) is 3.58. The molecule has 2 amide bonds. The maximum atomic E-state index is 12.9. The highest BCUT2D eigenvalue weighted by molar-refractivity contribution is 5.95. The van der Waals surface area contributed by atoms with Crippen LogP contribution in [0.4, 0.5) is 8.78 Å². The fraction of sp³-hybridized carbons (Fsp3) is 0.556. The number of methoxy groups -OCH3 is 1. The molecule has 9 heteroatoms. The number of rotatable bonds is 5. The monoisotopic (exact) mass is 383 g/mol. The van der Waals surface area contributed by atoms with Gasteiger partial charge >= 0.3 is 6.61 Å². The van der Waals surface area contributed by atoms with E-state index in [0.29, 0.717) is 31.7 Å². The highest BCUT2D eigenvalue weighted by Gasteiger charge is 2.32. The number of likely N-dealkylation sites (tertiary alicyclic amines) is 1. The number of piperidine rings is 1. The molecule has 0 radical (unpaired) electrons. The van der Waals surface area contributed by atoms with E-state index in [1.165, 1.54) is 25.3 Å². The number of amides is 2. The normalized spacial score (nSPS) is 20.7. The second kappa shape index (κ2) is 8.51. The second-order valence-electron chi connectivity index (χ2n) is 6.56. The summed E-state index contributed by atoms with van der Waals surface area (Å²) in [6.07, 6.45) is 1.66. The van der Waals surface area contributed by atoms with Gasteiger partial charge in [0, 0.05) is 37.8 Å². The zero-order chi connectivity index (χ0) is 19.4. The predicted molar refractivity (Wildman–Crippen MR) is 93.1 cm³/mol. The maximum absolute atomic E-state index is 12.9. The van der Waals surface area contributed by atoms with Gasteiger partial charge in [0.2, 0.25) is 5.91 Å². The van der Waals surface area contributed by atoms with Gasteiger partial charge in [-0.15, -0.1) is 0 Å². The summed E-state index contributed by atoms with van der Waals surface area (Å²) in [5, 5.41) is 3.04. The first-order chi connectivity index (χ1) is 13.0. The van der Waals surface area contributed by atoms with Gasteiger partial charge in [0.1, 0.15) is 0 Å². The van der Waals surface area contributed by atoms with Gasteiger partial charge in [-0.05, 0) is 31.0 Å². The van der Waals surface area contributed by atoms with E-state index in [-0.39, 0.29) is 29.4 Å². The quantitative estimate of drug-likeness (QED) is 0.831. The van der Waals surface area contributed by atoms with E-state index >= 15 is 0 Å². The summed E-state index contributed by atoms with van der Waals surface area (Å²) in [6, 6.07) is 4.15. The molecule has 1 N–H and O–H groups in total. The lowest BCUT2D eigenvalue weighted by Crippen LogP contribution is -2.57. The maximum Gasteiger partial charge on any atom is 0.387 e. The molecule has 0 aliphatic carbocycles. The molecule has 27 heavy (non-hydrogen) atoms. The summed E-state index contributed by atoms with van der Waals surface area (Å²) in [6.45, 7) is -0.208. The van der Waals surface area contributed by atoms with Gasteiger partial charge in [-0.3, -0.25) is 9.59 Å². The Labute approximate surface area is 156 Å². The Morgan fingerprint density at radius 3 is 2.81 bits per heavy atom. The van der Waals surface area contributed by atoms with Crippen molar-refractivity contribution in [1.82, 2.24) is 15.1 Å². The van der Waals surface area contributed by atoms with Crippen molar-refractivity contribution in [1.29, 1.82) is 0 Å². The van der Waals surface area contributed by atoms with Crippen LogP contribution in [-0.2, 0) is 4.79 Å². The van der Waals surface area contributed by atoms with Crippen LogP contribution in [0.1, 0.15) is 23.2 Å². The number of nitrogens with zero attached hydrogens (tertiary/aromatic N) is 2. The minimum absolute atomic E-state index is 0.000589. The molecular weight excluding hydrogens is 360 g/mol. The molecular formula is C18H23F2N3O4. The summed E-state index contributed by atoms with van der Waals surface area (Å²) in [5.41, 5.74) is 0.334. The molecule has 2 aliphatic heterocycles. The van der Waals surface area contributed by atoms with Crippen LogP contribution in [0.2, 0.25) is 0 Å². The third kappa shape index (κ3) is 4.47. The highest BCUT2D eigenvalue weighted by atomic mass is 19.3. The van der Waals surface area contributed by atoms with Crippen molar-refractivity contribution in [3.05, 3.63) is 23.8 Å². The van der Waals surface area contributed by atoms with Crippen molar-refractivity contribution in [2.45, 2.75) is 25.5 Å². The topological polar surface area (TPSA) is 71.1 Å². The van der Waals surface area contributed by atoms with Gasteiger partial charge in [-0.2, -0.15) is 8.78 Å². The number of hydrogen-bond donors (Lipinski definition) is 1. The third-order valence-electron chi connectivity index (χ3n) is 4.88. The number of hydrogen-bond acceptors (Lipinski definition) is 5. The largest absolute Gasteiger partial charge is 0.493 e. The van der Waals surface area contributed by atoms with E-state index in [9.17, 15) is 18.4 Å². The van der Waals surface area contributed by atoms with Gasteiger partial charge in [-0.25, -0.2) is 0 Å². The first kappa shape index (κ1) is 19.3. The predicted octanol–water partition coefficient (Wildman–Crippen LogP) is 1.33. The average molecular weight is 383 g/mol. The summed E-state index contributed by atoms with van der Waals surface area (Å²) in [4.78, 5) is 28.5. The van der Waals surface area contributed by atoms with Gasteiger partial charge in [0.15, 0.2) is 11.5 Å². The summed E-state index contributed by atoms with van der Waals surface area (Å²) < 4.78 is 34.4. The minimum atomic E-state index is -2.97. The van der Waals surface area contributed by atoms with Crippen molar-refractivity contribution in [2.24, 2.45) is 0 Å². The Hall–Kier alpha value is -2.42. The fourth-order valence-corrected chi connectivity index (χ4v) is 3.58. The van der Waals surface area contributed by atoms with Gasteiger partial charge in [-0.1, -0.05) is 0 Å². The molecule has 3 rings (SSSR count).